The van der Waals surface area contributed by atoms with Gasteiger partial charge in [0.25, 0.3) is 5.91 Å². The van der Waals surface area contributed by atoms with Crippen LogP contribution in [0.2, 0.25) is 0 Å². The molecular weight excluding hydrogens is 315 g/mol. The van der Waals surface area contributed by atoms with Gasteiger partial charge in [0.2, 0.25) is 5.91 Å². The van der Waals surface area contributed by atoms with Gasteiger partial charge in [-0.1, -0.05) is 0 Å². The molecule has 1 aromatic carbocycles. The van der Waals surface area contributed by atoms with Gasteiger partial charge in [-0.05, 0) is 49.7 Å². The van der Waals surface area contributed by atoms with Gasteiger partial charge in [0.1, 0.15) is 17.3 Å². The number of nitrogens with one attached hydrogen (secondary N) is 2. The van der Waals surface area contributed by atoms with Gasteiger partial charge in [-0.3, -0.25) is 20.4 Å². The zero-order chi connectivity index (χ0) is 17.1. The largest absolute Gasteiger partial charge is 0.481 e. The number of amides is 2. The second-order valence-corrected chi connectivity index (χ2v) is 5.66. The van der Waals surface area contributed by atoms with Gasteiger partial charge in [-0.2, -0.15) is 0 Å². The quantitative estimate of drug-likeness (QED) is 0.822. The number of benzene rings is 1. The van der Waals surface area contributed by atoms with Crippen molar-refractivity contribution in [2.45, 2.75) is 25.4 Å². The average Bonchev–Trinajstić information content (AvgIpc) is 3.19. The molecule has 126 valence electrons. The fourth-order valence-corrected chi connectivity index (χ4v) is 2.39. The number of hydrogen-bond donors (Lipinski definition) is 2. The Morgan fingerprint density at radius 1 is 1.25 bits per heavy atom. The number of halogens is 1. The van der Waals surface area contributed by atoms with Gasteiger partial charge in [-0.25, -0.2) is 4.39 Å². The van der Waals surface area contributed by atoms with Crippen molar-refractivity contribution in [3.8, 4) is 5.75 Å². The van der Waals surface area contributed by atoms with Crippen molar-refractivity contribution in [1.82, 2.24) is 10.9 Å². The standard InChI is InChI=1S/C17H17FN2O4/c1-10(24-12-6-4-11(18)5-7-12)16(21)19-20-17(22)14-9-13(14)15-3-2-8-23-15/h2-8,10,13-14H,9H2,1H3,(H,19,21)(H,20,22). The molecule has 0 aliphatic heterocycles. The van der Waals surface area contributed by atoms with Crippen LogP contribution in [0.1, 0.15) is 25.0 Å². The summed E-state index contributed by atoms with van der Waals surface area (Å²) < 4.78 is 23.5. The summed E-state index contributed by atoms with van der Waals surface area (Å²) in [6, 6.07) is 8.94. The Hall–Kier alpha value is -2.83. The van der Waals surface area contributed by atoms with Crippen molar-refractivity contribution in [3.05, 3.63) is 54.2 Å². The highest BCUT2D eigenvalue weighted by atomic mass is 19.1. The molecule has 1 fully saturated rings. The maximum Gasteiger partial charge on any atom is 0.279 e. The molecule has 1 aliphatic rings. The van der Waals surface area contributed by atoms with Crippen LogP contribution in [0.4, 0.5) is 4.39 Å². The Morgan fingerprint density at radius 2 is 2.00 bits per heavy atom. The van der Waals surface area contributed by atoms with Gasteiger partial charge in [-0.15, -0.1) is 0 Å². The summed E-state index contributed by atoms with van der Waals surface area (Å²) in [6.45, 7) is 1.54. The SMILES string of the molecule is CC(Oc1ccc(F)cc1)C(=O)NNC(=O)C1CC1c1ccco1. The molecule has 7 heteroatoms. The first kappa shape index (κ1) is 16.0. The van der Waals surface area contributed by atoms with Crippen molar-refractivity contribution in [3.63, 3.8) is 0 Å². The third-order valence-corrected chi connectivity index (χ3v) is 3.84. The summed E-state index contributed by atoms with van der Waals surface area (Å²) in [5.41, 5.74) is 4.72. The molecular formula is C17H17FN2O4. The number of ether oxygens (including phenoxy) is 1. The van der Waals surface area contributed by atoms with E-state index in [9.17, 15) is 14.0 Å². The van der Waals surface area contributed by atoms with Crippen molar-refractivity contribution >= 4 is 11.8 Å². The van der Waals surface area contributed by atoms with E-state index in [2.05, 4.69) is 10.9 Å². The van der Waals surface area contributed by atoms with E-state index in [0.29, 0.717) is 12.2 Å². The Bertz CT molecular complexity index is 715. The number of hydrazine groups is 1. The van der Waals surface area contributed by atoms with Crippen LogP contribution < -0.4 is 15.6 Å². The van der Waals surface area contributed by atoms with Gasteiger partial charge in [0.15, 0.2) is 6.10 Å². The van der Waals surface area contributed by atoms with E-state index in [0.717, 1.165) is 5.76 Å². The predicted octanol–water partition coefficient (Wildman–Crippen LogP) is 2.14. The van der Waals surface area contributed by atoms with Crippen molar-refractivity contribution in [1.29, 1.82) is 0 Å². The van der Waals surface area contributed by atoms with Crippen LogP contribution >= 0.6 is 0 Å². The Labute approximate surface area is 138 Å². The molecule has 24 heavy (non-hydrogen) atoms. The minimum absolute atomic E-state index is 0.0600. The first-order chi connectivity index (χ1) is 11.5. The number of hydrogen-bond acceptors (Lipinski definition) is 4. The first-order valence-electron chi connectivity index (χ1n) is 7.60. The zero-order valence-electron chi connectivity index (χ0n) is 13.0. The molecule has 6 nitrogen and oxygen atoms in total. The topological polar surface area (TPSA) is 80.6 Å². The third kappa shape index (κ3) is 3.73. The van der Waals surface area contributed by atoms with Crippen LogP contribution in [0.15, 0.2) is 47.1 Å². The molecule has 1 saturated carbocycles. The summed E-state index contributed by atoms with van der Waals surface area (Å²) in [5, 5.41) is 0. The average molecular weight is 332 g/mol. The molecule has 2 aromatic rings. The molecule has 2 amide bonds. The second kappa shape index (κ2) is 6.74. The third-order valence-electron chi connectivity index (χ3n) is 3.84. The highest BCUT2D eigenvalue weighted by Crippen LogP contribution is 2.47. The fourth-order valence-electron chi connectivity index (χ4n) is 2.39. The fraction of sp³-hybridized carbons (Fsp3) is 0.294. The molecule has 0 spiro atoms. The summed E-state index contributed by atoms with van der Waals surface area (Å²) in [5.74, 6) is -0.154. The molecule has 2 N–H and O–H groups in total. The molecule has 0 bridgehead atoms. The van der Waals surface area contributed by atoms with Gasteiger partial charge in [0.05, 0.1) is 12.2 Å². The van der Waals surface area contributed by atoms with Crippen LogP contribution in [0, 0.1) is 11.7 Å². The Morgan fingerprint density at radius 3 is 2.67 bits per heavy atom. The monoisotopic (exact) mass is 332 g/mol. The molecule has 1 heterocycles. The van der Waals surface area contributed by atoms with E-state index in [-0.39, 0.29) is 23.6 Å². The first-order valence-corrected chi connectivity index (χ1v) is 7.60. The number of carbonyl (C=O) groups excluding carboxylic acids is 2. The van der Waals surface area contributed by atoms with Crippen molar-refractivity contribution < 1.29 is 23.1 Å². The molecule has 3 rings (SSSR count). The molecule has 1 aliphatic carbocycles. The van der Waals surface area contributed by atoms with Crippen LogP contribution in [0.3, 0.4) is 0 Å². The Balaban J connectivity index is 1.43. The lowest BCUT2D eigenvalue weighted by atomic mass is 10.2. The van der Waals surface area contributed by atoms with Gasteiger partial charge < -0.3 is 9.15 Å². The molecule has 0 saturated heterocycles. The van der Waals surface area contributed by atoms with Gasteiger partial charge in [0, 0.05) is 5.92 Å². The minimum Gasteiger partial charge on any atom is -0.481 e. The van der Waals surface area contributed by atoms with E-state index >= 15 is 0 Å². The van der Waals surface area contributed by atoms with Crippen LogP contribution in [0.25, 0.3) is 0 Å². The molecule has 3 atom stereocenters. The van der Waals surface area contributed by atoms with Crippen molar-refractivity contribution in [2.75, 3.05) is 0 Å². The highest BCUT2D eigenvalue weighted by molar-refractivity contribution is 5.87. The van der Waals surface area contributed by atoms with E-state index in [1.54, 1.807) is 12.3 Å². The smallest absolute Gasteiger partial charge is 0.279 e. The predicted molar refractivity (Wildman–Crippen MR) is 82.3 cm³/mol. The summed E-state index contributed by atoms with van der Waals surface area (Å²) in [6.07, 6.45) is 1.42. The lowest BCUT2D eigenvalue weighted by molar-refractivity contribution is -0.133. The zero-order valence-corrected chi connectivity index (χ0v) is 13.0. The van der Waals surface area contributed by atoms with E-state index in [4.69, 9.17) is 9.15 Å². The van der Waals surface area contributed by atoms with Crippen LogP contribution in [-0.2, 0) is 9.59 Å². The Kier molecular flexibility index (Phi) is 4.50. The highest BCUT2D eigenvalue weighted by Gasteiger charge is 2.46. The summed E-state index contributed by atoms with van der Waals surface area (Å²) in [4.78, 5) is 23.9. The van der Waals surface area contributed by atoms with E-state index in [1.165, 1.54) is 31.2 Å². The number of furan rings is 1. The summed E-state index contributed by atoms with van der Waals surface area (Å²) >= 11 is 0. The van der Waals surface area contributed by atoms with E-state index < -0.39 is 12.0 Å². The second-order valence-electron chi connectivity index (χ2n) is 5.66. The van der Waals surface area contributed by atoms with Gasteiger partial charge >= 0.3 is 0 Å². The maximum atomic E-state index is 12.8. The minimum atomic E-state index is -0.837. The number of rotatable bonds is 5. The van der Waals surface area contributed by atoms with Crippen molar-refractivity contribution in [2.24, 2.45) is 5.92 Å². The maximum absolute atomic E-state index is 12.8. The lowest BCUT2D eigenvalue weighted by Gasteiger charge is -2.15. The summed E-state index contributed by atoms with van der Waals surface area (Å²) in [7, 11) is 0. The lowest BCUT2D eigenvalue weighted by Crippen LogP contribution is -2.47. The van der Waals surface area contributed by atoms with Crippen LogP contribution in [-0.4, -0.2) is 17.9 Å². The van der Waals surface area contributed by atoms with Crippen LogP contribution in [0.5, 0.6) is 5.75 Å². The molecule has 0 radical (unpaired) electrons. The normalized spacial score (nSPS) is 20.1. The molecule has 3 unspecified atom stereocenters. The van der Waals surface area contributed by atoms with E-state index in [1.807, 2.05) is 6.07 Å². The number of carbonyl (C=O) groups is 2. The molecule has 1 aromatic heterocycles.